The molecule has 130 valence electrons. The number of thiazole rings is 1. The topological polar surface area (TPSA) is 51.0 Å². The third-order valence-electron chi connectivity index (χ3n) is 4.37. The largest absolute Gasteiger partial charge is 0.309 e. The number of amides is 1. The molecule has 7 heteroatoms. The third-order valence-corrected chi connectivity index (χ3v) is 6.96. The second kappa shape index (κ2) is 7.70. The third kappa shape index (κ3) is 4.00. The van der Waals surface area contributed by atoms with Crippen LogP contribution in [0.2, 0.25) is 0 Å². The summed E-state index contributed by atoms with van der Waals surface area (Å²) in [6.45, 7) is 4.65. The highest BCUT2D eigenvalue weighted by Crippen LogP contribution is 2.37. The summed E-state index contributed by atoms with van der Waals surface area (Å²) in [6.07, 6.45) is 9.29. The molecule has 5 nitrogen and oxygen atoms in total. The van der Waals surface area contributed by atoms with Crippen molar-refractivity contribution in [2.75, 3.05) is 11.4 Å². The molecule has 0 radical (unpaired) electrons. The van der Waals surface area contributed by atoms with Crippen LogP contribution in [0.1, 0.15) is 43.2 Å². The van der Waals surface area contributed by atoms with Gasteiger partial charge < -0.3 is 4.90 Å². The predicted octanol–water partition coefficient (Wildman–Crippen LogP) is 3.82. The predicted molar refractivity (Wildman–Crippen MR) is 99.9 cm³/mol. The molecule has 0 saturated heterocycles. The van der Waals surface area contributed by atoms with Gasteiger partial charge >= 0.3 is 0 Å². The quantitative estimate of drug-likeness (QED) is 0.782. The lowest BCUT2D eigenvalue weighted by Gasteiger charge is -2.18. The highest BCUT2D eigenvalue weighted by molar-refractivity contribution is 8.01. The normalized spacial score (nSPS) is 15.1. The number of carbonyl (C=O) groups is 1. The van der Waals surface area contributed by atoms with E-state index in [4.69, 9.17) is 0 Å². The molecule has 2 aromatic heterocycles. The summed E-state index contributed by atoms with van der Waals surface area (Å²) in [5.74, 6) is 0.106. The van der Waals surface area contributed by atoms with E-state index in [1.165, 1.54) is 25.7 Å². The first-order valence-electron chi connectivity index (χ1n) is 8.48. The van der Waals surface area contributed by atoms with Crippen LogP contribution < -0.4 is 4.90 Å². The van der Waals surface area contributed by atoms with Crippen LogP contribution >= 0.6 is 23.1 Å². The summed E-state index contributed by atoms with van der Waals surface area (Å²) in [4.78, 5) is 20.3. The zero-order valence-corrected chi connectivity index (χ0v) is 16.1. The lowest BCUT2D eigenvalue weighted by molar-refractivity contribution is -0.117. The number of aryl methyl sites for hydroxylation is 2. The monoisotopic (exact) mass is 364 g/mol. The average molecular weight is 365 g/mol. The fraction of sp³-hybridized carbons (Fsp3) is 0.588. The van der Waals surface area contributed by atoms with E-state index >= 15 is 0 Å². The number of likely N-dealkylation sites (N-methyl/N-ethyl adjacent to an activating group) is 1. The van der Waals surface area contributed by atoms with Gasteiger partial charge in [-0.3, -0.25) is 9.48 Å². The van der Waals surface area contributed by atoms with Gasteiger partial charge in [0, 0.05) is 29.9 Å². The van der Waals surface area contributed by atoms with Crippen molar-refractivity contribution < 1.29 is 4.79 Å². The van der Waals surface area contributed by atoms with E-state index in [1.54, 1.807) is 27.1 Å². The zero-order valence-electron chi connectivity index (χ0n) is 14.5. The molecule has 2 heterocycles. The molecule has 2 aromatic rings. The number of anilines is 1. The molecule has 0 atom stereocenters. The number of carbonyl (C=O) groups excluding carboxylic acids is 1. The van der Waals surface area contributed by atoms with Crippen LogP contribution in [-0.2, 0) is 18.3 Å². The Balaban J connectivity index is 1.67. The number of aromatic nitrogens is 3. The second-order valence-corrected chi connectivity index (χ2v) is 8.83. The van der Waals surface area contributed by atoms with Crippen LogP contribution in [0.4, 0.5) is 5.69 Å². The molecule has 0 N–H and O–H groups in total. The van der Waals surface area contributed by atoms with Gasteiger partial charge in [-0.2, -0.15) is 5.10 Å². The van der Waals surface area contributed by atoms with Gasteiger partial charge in [0.15, 0.2) is 4.34 Å². The maximum absolute atomic E-state index is 12.7. The smallest absolute Gasteiger partial charge is 0.232 e. The van der Waals surface area contributed by atoms with E-state index in [9.17, 15) is 4.79 Å². The molecule has 1 aliphatic carbocycles. The van der Waals surface area contributed by atoms with E-state index in [1.807, 2.05) is 38.9 Å². The van der Waals surface area contributed by atoms with Crippen LogP contribution in [0.5, 0.6) is 0 Å². The molecule has 1 aliphatic rings. The van der Waals surface area contributed by atoms with Crippen molar-refractivity contribution in [3.05, 3.63) is 23.0 Å². The summed E-state index contributed by atoms with van der Waals surface area (Å²) in [5.41, 5.74) is 1.85. The molecule has 0 bridgehead atoms. The minimum atomic E-state index is 0.106. The first-order valence-corrected chi connectivity index (χ1v) is 10.2. The lowest BCUT2D eigenvalue weighted by Crippen LogP contribution is -2.31. The van der Waals surface area contributed by atoms with Crippen molar-refractivity contribution in [1.29, 1.82) is 0 Å². The number of nitrogens with zero attached hydrogens (tertiary/aromatic N) is 4. The Morgan fingerprint density at radius 2 is 2.21 bits per heavy atom. The summed E-state index contributed by atoms with van der Waals surface area (Å²) in [6, 6.07) is 0. The minimum absolute atomic E-state index is 0.106. The average Bonchev–Trinajstić information content (AvgIpc) is 3.25. The van der Waals surface area contributed by atoms with Crippen LogP contribution in [-0.4, -0.2) is 32.5 Å². The molecular formula is C17H24N4OS2. The fourth-order valence-corrected chi connectivity index (χ4v) is 5.78. The van der Waals surface area contributed by atoms with Crippen molar-refractivity contribution in [2.45, 2.75) is 55.5 Å². The van der Waals surface area contributed by atoms with Crippen molar-refractivity contribution in [2.24, 2.45) is 7.05 Å². The van der Waals surface area contributed by atoms with Crippen molar-refractivity contribution in [1.82, 2.24) is 14.8 Å². The summed E-state index contributed by atoms with van der Waals surface area (Å²) < 4.78 is 2.84. The SMILES string of the molecule is CCN(C(=O)Cc1sc(SC2CCCC2)nc1C)c1cnn(C)c1. The Bertz CT molecular complexity index is 703. The van der Waals surface area contributed by atoms with E-state index in [0.29, 0.717) is 18.2 Å². The molecule has 0 aliphatic heterocycles. The molecule has 24 heavy (non-hydrogen) atoms. The Labute approximate surface area is 151 Å². The molecular weight excluding hydrogens is 340 g/mol. The van der Waals surface area contributed by atoms with E-state index in [-0.39, 0.29) is 5.91 Å². The number of hydrogen-bond acceptors (Lipinski definition) is 5. The Morgan fingerprint density at radius 3 is 2.83 bits per heavy atom. The van der Waals surface area contributed by atoms with E-state index < -0.39 is 0 Å². The van der Waals surface area contributed by atoms with E-state index in [2.05, 4.69) is 10.1 Å². The molecule has 1 saturated carbocycles. The van der Waals surface area contributed by atoms with Crippen LogP contribution in [0.25, 0.3) is 0 Å². The first-order chi connectivity index (χ1) is 11.6. The van der Waals surface area contributed by atoms with Crippen molar-refractivity contribution in [3.63, 3.8) is 0 Å². The van der Waals surface area contributed by atoms with Gasteiger partial charge in [-0.1, -0.05) is 24.6 Å². The molecule has 0 unspecified atom stereocenters. The molecule has 1 amide bonds. The fourth-order valence-electron chi connectivity index (χ4n) is 3.05. The van der Waals surface area contributed by atoms with Gasteiger partial charge in [0.05, 0.1) is 24.0 Å². The molecule has 3 rings (SSSR count). The summed E-state index contributed by atoms with van der Waals surface area (Å²) in [7, 11) is 1.86. The number of rotatable bonds is 6. The van der Waals surface area contributed by atoms with Gasteiger partial charge in [-0.05, 0) is 26.7 Å². The van der Waals surface area contributed by atoms with Gasteiger partial charge in [-0.25, -0.2) is 4.98 Å². The Morgan fingerprint density at radius 1 is 1.46 bits per heavy atom. The standard InChI is InChI=1S/C17H24N4OS2/c1-4-21(13-10-18-20(3)11-13)16(22)9-15-12(2)19-17(24-15)23-14-7-5-6-8-14/h10-11,14H,4-9H2,1-3H3. The van der Waals surface area contributed by atoms with Gasteiger partial charge in [0.25, 0.3) is 0 Å². The van der Waals surface area contributed by atoms with Gasteiger partial charge in [0.2, 0.25) is 5.91 Å². The highest BCUT2D eigenvalue weighted by Gasteiger charge is 2.21. The van der Waals surface area contributed by atoms with Crippen molar-refractivity contribution >= 4 is 34.7 Å². The van der Waals surface area contributed by atoms with Crippen LogP contribution in [0, 0.1) is 6.92 Å². The number of hydrogen-bond donors (Lipinski definition) is 0. The Hall–Kier alpha value is -1.34. The first kappa shape index (κ1) is 17.5. The minimum Gasteiger partial charge on any atom is -0.309 e. The molecule has 0 spiro atoms. The molecule has 1 fully saturated rings. The summed E-state index contributed by atoms with van der Waals surface area (Å²) >= 11 is 3.58. The maximum Gasteiger partial charge on any atom is 0.232 e. The zero-order chi connectivity index (χ0) is 17.1. The van der Waals surface area contributed by atoms with Crippen LogP contribution in [0.3, 0.4) is 0 Å². The molecule has 0 aromatic carbocycles. The van der Waals surface area contributed by atoms with Crippen LogP contribution in [0.15, 0.2) is 16.7 Å². The van der Waals surface area contributed by atoms with Gasteiger partial charge in [0.1, 0.15) is 0 Å². The second-order valence-electron chi connectivity index (χ2n) is 6.20. The maximum atomic E-state index is 12.7. The highest BCUT2D eigenvalue weighted by atomic mass is 32.2. The lowest BCUT2D eigenvalue weighted by atomic mass is 10.2. The van der Waals surface area contributed by atoms with Gasteiger partial charge in [-0.15, -0.1) is 11.3 Å². The summed E-state index contributed by atoms with van der Waals surface area (Å²) in [5, 5.41) is 4.87. The van der Waals surface area contributed by atoms with Crippen molar-refractivity contribution in [3.8, 4) is 0 Å². The number of thioether (sulfide) groups is 1. The Kier molecular flexibility index (Phi) is 5.61. The van der Waals surface area contributed by atoms with E-state index in [0.717, 1.165) is 20.6 Å².